The molecule has 2 nitrogen and oxygen atoms in total. The molecule has 0 saturated heterocycles. The first kappa shape index (κ1) is 15.3. The maximum atomic E-state index is 11.0. The van der Waals surface area contributed by atoms with Crippen LogP contribution in [0.15, 0.2) is 24.3 Å². The smallest absolute Gasteiger partial charge is 0.281 e. The molecule has 0 spiro atoms. The third-order valence-electron chi connectivity index (χ3n) is 1.22. The maximum Gasteiger partial charge on any atom is 0.281 e. The van der Waals surface area contributed by atoms with Crippen LogP contribution in [0.25, 0.3) is 0 Å². The molecule has 0 atom stereocenters. The van der Waals surface area contributed by atoms with Crippen LogP contribution in [0.4, 0.5) is 0 Å². The van der Waals surface area contributed by atoms with Crippen molar-refractivity contribution in [2.45, 2.75) is 6.92 Å². The van der Waals surface area contributed by atoms with Crippen molar-refractivity contribution in [3.63, 3.8) is 0 Å². The molecule has 0 aliphatic carbocycles. The van der Waals surface area contributed by atoms with Crippen LogP contribution in [0.1, 0.15) is 17.3 Å². The first-order valence-electron chi connectivity index (χ1n) is 3.48. The second kappa shape index (κ2) is 8.39. The van der Waals surface area contributed by atoms with Gasteiger partial charge in [-0.25, -0.2) is 0 Å². The molecule has 1 rings (SSSR count). The molecule has 0 saturated carbocycles. The Morgan fingerprint density at radius 2 is 2.31 bits per heavy atom. The SMILES string of the molecule is Br.CCOC(=O)c1c[c-]ccc1.[Zn]. The molecule has 0 unspecified atom stereocenters. The van der Waals surface area contributed by atoms with Crippen molar-refractivity contribution in [3.05, 3.63) is 35.9 Å². The fraction of sp³-hybridized carbons (Fsp3) is 0.222. The van der Waals surface area contributed by atoms with Gasteiger partial charge in [0, 0.05) is 19.5 Å². The van der Waals surface area contributed by atoms with E-state index >= 15 is 0 Å². The summed E-state index contributed by atoms with van der Waals surface area (Å²) < 4.78 is 4.77. The molecule has 0 bridgehead atoms. The van der Waals surface area contributed by atoms with Gasteiger partial charge in [0.25, 0.3) is 5.97 Å². The minimum absolute atomic E-state index is 0. The molecule has 1 aromatic carbocycles. The normalized spacial score (nSPS) is 7.77. The van der Waals surface area contributed by atoms with E-state index in [-0.39, 0.29) is 42.4 Å². The van der Waals surface area contributed by atoms with E-state index in [9.17, 15) is 4.79 Å². The molecule has 68 valence electrons. The van der Waals surface area contributed by atoms with Crippen LogP contribution in [0, 0.1) is 6.07 Å². The molecule has 0 heterocycles. The summed E-state index contributed by atoms with van der Waals surface area (Å²) in [6.07, 6.45) is 0. The molecular weight excluding hydrogens is 285 g/mol. The molecule has 13 heavy (non-hydrogen) atoms. The van der Waals surface area contributed by atoms with Gasteiger partial charge in [-0.3, -0.25) is 4.79 Å². The van der Waals surface area contributed by atoms with Gasteiger partial charge < -0.3 is 4.74 Å². The van der Waals surface area contributed by atoms with Gasteiger partial charge in [0.15, 0.2) is 0 Å². The monoisotopic (exact) mass is 293 g/mol. The van der Waals surface area contributed by atoms with Crippen LogP contribution in [0.3, 0.4) is 0 Å². The van der Waals surface area contributed by atoms with Crippen molar-refractivity contribution in [1.29, 1.82) is 0 Å². The summed E-state index contributed by atoms with van der Waals surface area (Å²) in [6, 6.07) is 9.61. The molecule has 0 radical (unpaired) electrons. The summed E-state index contributed by atoms with van der Waals surface area (Å²) in [6.45, 7) is 2.19. The molecule has 0 aliphatic heterocycles. The predicted molar refractivity (Wildman–Crippen MR) is 51.6 cm³/mol. The summed E-state index contributed by atoms with van der Waals surface area (Å²) in [5, 5.41) is 0. The average molecular weight is 295 g/mol. The Labute approximate surface area is 101 Å². The van der Waals surface area contributed by atoms with Crippen LogP contribution >= 0.6 is 17.0 Å². The third-order valence-corrected chi connectivity index (χ3v) is 1.22. The van der Waals surface area contributed by atoms with E-state index in [1.165, 1.54) is 0 Å². The minimum Gasteiger partial charge on any atom is -0.472 e. The number of hydrogen-bond acceptors (Lipinski definition) is 2. The van der Waals surface area contributed by atoms with Gasteiger partial charge in [-0.15, -0.1) is 17.0 Å². The van der Waals surface area contributed by atoms with Crippen LogP contribution in [0.5, 0.6) is 0 Å². The number of ether oxygens (including phenoxy) is 1. The van der Waals surface area contributed by atoms with Crippen LogP contribution < -0.4 is 0 Å². The van der Waals surface area contributed by atoms with Gasteiger partial charge in [-0.05, 0) is 6.92 Å². The quantitative estimate of drug-likeness (QED) is 0.475. The summed E-state index contributed by atoms with van der Waals surface area (Å²) >= 11 is 0. The Balaban J connectivity index is 0. The van der Waals surface area contributed by atoms with Gasteiger partial charge >= 0.3 is 0 Å². The van der Waals surface area contributed by atoms with E-state index in [0.717, 1.165) is 0 Å². The molecular formula is C9H10BrO2Zn-. The maximum absolute atomic E-state index is 11.0. The van der Waals surface area contributed by atoms with Gasteiger partial charge in [0.05, 0.1) is 6.61 Å². The summed E-state index contributed by atoms with van der Waals surface area (Å²) in [5.74, 6) is -0.288. The first-order chi connectivity index (χ1) is 5.34. The van der Waals surface area contributed by atoms with E-state index in [2.05, 4.69) is 6.07 Å². The number of carbonyl (C=O) groups excluding carboxylic acids is 1. The van der Waals surface area contributed by atoms with E-state index in [4.69, 9.17) is 4.74 Å². The van der Waals surface area contributed by atoms with Gasteiger partial charge in [0.2, 0.25) is 0 Å². The number of esters is 1. The van der Waals surface area contributed by atoms with E-state index < -0.39 is 0 Å². The van der Waals surface area contributed by atoms with E-state index in [1.807, 2.05) is 0 Å². The summed E-state index contributed by atoms with van der Waals surface area (Å²) in [7, 11) is 0. The first-order valence-corrected chi connectivity index (χ1v) is 3.48. The predicted octanol–water partition coefficient (Wildman–Crippen LogP) is 2.24. The average Bonchev–Trinajstić information content (AvgIpc) is 2.07. The number of halogens is 1. The van der Waals surface area contributed by atoms with E-state index in [0.29, 0.717) is 12.2 Å². The Hall–Kier alpha value is -0.207. The topological polar surface area (TPSA) is 26.3 Å². The number of benzene rings is 1. The molecule has 0 amide bonds. The van der Waals surface area contributed by atoms with Crippen LogP contribution in [-0.4, -0.2) is 12.6 Å². The summed E-state index contributed by atoms with van der Waals surface area (Å²) in [5.41, 5.74) is 0.550. The Morgan fingerprint density at radius 3 is 2.77 bits per heavy atom. The molecule has 1 aromatic rings. The van der Waals surface area contributed by atoms with Crippen LogP contribution in [-0.2, 0) is 24.2 Å². The van der Waals surface area contributed by atoms with Crippen molar-refractivity contribution in [1.82, 2.24) is 0 Å². The second-order valence-corrected chi connectivity index (χ2v) is 2.01. The zero-order valence-electron chi connectivity index (χ0n) is 7.45. The third kappa shape index (κ3) is 5.17. The Bertz CT molecular complexity index is 239. The fourth-order valence-corrected chi connectivity index (χ4v) is 0.735. The standard InChI is InChI=1S/C9H9O2.BrH.Zn/c1-2-11-9(10)8-6-4-3-5-7-8;;/h3-4,6-7H,2H2,1H3;1H;/q-1;;. The molecule has 0 aliphatic rings. The van der Waals surface area contributed by atoms with Gasteiger partial charge in [-0.2, -0.15) is 30.3 Å². The van der Waals surface area contributed by atoms with Crippen LogP contribution in [0.2, 0.25) is 0 Å². The number of rotatable bonds is 2. The molecule has 0 N–H and O–H groups in total. The molecule has 4 heteroatoms. The van der Waals surface area contributed by atoms with Crippen molar-refractivity contribution in [2.75, 3.05) is 6.61 Å². The van der Waals surface area contributed by atoms with Crippen molar-refractivity contribution < 1.29 is 29.0 Å². The molecule has 0 aromatic heterocycles. The minimum atomic E-state index is -0.288. The Morgan fingerprint density at radius 1 is 1.62 bits per heavy atom. The largest absolute Gasteiger partial charge is 0.472 e. The zero-order chi connectivity index (χ0) is 8.10. The van der Waals surface area contributed by atoms with Crippen molar-refractivity contribution >= 4 is 23.0 Å². The van der Waals surface area contributed by atoms with Crippen molar-refractivity contribution in [3.8, 4) is 0 Å². The zero-order valence-corrected chi connectivity index (χ0v) is 12.1. The van der Waals surface area contributed by atoms with E-state index in [1.54, 1.807) is 31.2 Å². The van der Waals surface area contributed by atoms with Gasteiger partial charge in [0.1, 0.15) is 0 Å². The Kier molecular flexibility index (Phi) is 9.86. The van der Waals surface area contributed by atoms with Gasteiger partial charge in [-0.1, -0.05) is 5.56 Å². The van der Waals surface area contributed by atoms with Crippen molar-refractivity contribution in [2.24, 2.45) is 0 Å². The number of carbonyl (C=O) groups is 1. The fourth-order valence-electron chi connectivity index (χ4n) is 0.735. The molecule has 0 fully saturated rings. The summed E-state index contributed by atoms with van der Waals surface area (Å²) in [4.78, 5) is 11.0. The number of hydrogen-bond donors (Lipinski definition) is 0. The second-order valence-electron chi connectivity index (χ2n) is 2.01.